The largest absolute Gasteiger partial charge is 0.489 e. The van der Waals surface area contributed by atoms with Crippen molar-refractivity contribution in [2.75, 3.05) is 5.33 Å². The quantitative estimate of drug-likeness (QED) is 0.279. The average Bonchev–Trinajstić information content (AvgIpc) is 2.73. The standard InChI is InChI=1S/C22H18Br2O3/c23-13-20(25)19-11-18(26-14-16-7-3-1-4-8-16)12-21(22(19)24)27-15-17-9-5-2-6-10-17/h1-12H,13-15H2. The van der Waals surface area contributed by atoms with Crippen LogP contribution in [-0.4, -0.2) is 11.1 Å². The van der Waals surface area contributed by atoms with Crippen molar-refractivity contribution >= 4 is 37.6 Å². The lowest BCUT2D eigenvalue weighted by molar-refractivity contribution is 0.102. The van der Waals surface area contributed by atoms with Gasteiger partial charge in [-0.2, -0.15) is 0 Å². The van der Waals surface area contributed by atoms with Crippen LogP contribution in [0.15, 0.2) is 77.3 Å². The molecular weight excluding hydrogens is 472 g/mol. The molecule has 0 saturated carbocycles. The Labute approximate surface area is 175 Å². The van der Waals surface area contributed by atoms with Crippen LogP contribution in [0.2, 0.25) is 0 Å². The molecule has 0 saturated heterocycles. The van der Waals surface area contributed by atoms with E-state index in [2.05, 4.69) is 31.9 Å². The van der Waals surface area contributed by atoms with Gasteiger partial charge in [0.05, 0.1) is 9.80 Å². The summed E-state index contributed by atoms with van der Waals surface area (Å²) < 4.78 is 12.5. The van der Waals surface area contributed by atoms with Gasteiger partial charge in [-0.15, -0.1) is 0 Å². The van der Waals surface area contributed by atoms with E-state index in [0.29, 0.717) is 34.7 Å². The third kappa shape index (κ3) is 5.44. The van der Waals surface area contributed by atoms with Crippen LogP contribution < -0.4 is 9.47 Å². The van der Waals surface area contributed by atoms with Gasteiger partial charge in [-0.1, -0.05) is 76.6 Å². The molecule has 0 spiro atoms. The van der Waals surface area contributed by atoms with Gasteiger partial charge in [0.15, 0.2) is 5.78 Å². The molecule has 0 aliphatic carbocycles. The minimum Gasteiger partial charge on any atom is -0.489 e. The van der Waals surface area contributed by atoms with Crippen LogP contribution in [0, 0.1) is 0 Å². The molecule has 0 aliphatic rings. The molecule has 0 N–H and O–H groups in total. The Hall–Kier alpha value is -2.11. The van der Waals surface area contributed by atoms with Crippen molar-refractivity contribution in [2.45, 2.75) is 13.2 Å². The Kier molecular flexibility index (Phi) is 7.07. The number of rotatable bonds is 8. The minimum absolute atomic E-state index is 0.0448. The number of halogens is 2. The van der Waals surface area contributed by atoms with Gasteiger partial charge in [-0.05, 0) is 33.1 Å². The zero-order valence-electron chi connectivity index (χ0n) is 14.5. The number of hydrogen-bond acceptors (Lipinski definition) is 3. The predicted molar refractivity (Wildman–Crippen MR) is 114 cm³/mol. The zero-order chi connectivity index (χ0) is 19.1. The summed E-state index contributed by atoms with van der Waals surface area (Å²) in [4.78, 5) is 12.3. The summed E-state index contributed by atoms with van der Waals surface area (Å²) in [5, 5.41) is 0.228. The highest BCUT2D eigenvalue weighted by atomic mass is 79.9. The average molecular weight is 490 g/mol. The summed E-state index contributed by atoms with van der Waals surface area (Å²) in [7, 11) is 0. The number of alkyl halides is 1. The molecule has 3 aromatic carbocycles. The van der Waals surface area contributed by atoms with Gasteiger partial charge < -0.3 is 9.47 Å². The van der Waals surface area contributed by atoms with Gasteiger partial charge in [-0.25, -0.2) is 0 Å². The first-order chi connectivity index (χ1) is 13.2. The van der Waals surface area contributed by atoms with E-state index in [9.17, 15) is 4.79 Å². The van der Waals surface area contributed by atoms with E-state index in [0.717, 1.165) is 11.1 Å². The highest BCUT2D eigenvalue weighted by Gasteiger charge is 2.16. The third-order valence-corrected chi connectivity index (χ3v) is 5.25. The van der Waals surface area contributed by atoms with Gasteiger partial charge in [0.1, 0.15) is 24.7 Å². The monoisotopic (exact) mass is 488 g/mol. The van der Waals surface area contributed by atoms with Crippen molar-refractivity contribution in [1.29, 1.82) is 0 Å². The maximum absolute atomic E-state index is 12.3. The zero-order valence-corrected chi connectivity index (χ0v) is 17.7. The molecule has 0 fully saturated rings. The maximum Gasteiger partial charge on any atom is 0.174 e. The summed E-state index contributed by atoms with van der Waals surface area (Å²) in [6.07, 6.45) is 0. The maximum atomic E-state index is 12.3. The van der Waals surface area contributed by atoms with Crippen LogP contribution in [-0.2, 0) is 13.2 Å². The molecule has 3 aromatic rings. The van der Waals surface area contributed by atoms with Crippen LogP contribution in [0.25, 0.3) is 0 Å². The molecule has 3 rings (SSSR count). The first kappa shape index (κ1) is 19.6. The second-order valence-corrected chi connectivity index (χ2v) is 7.24. The van der Waals surface area contributed by atoms with Crippen LogP contribution >= 0.6 is 31.9 Å². The molecule has 138 valence electrons. The van der Waals surface area contributed by atoms with Gasteiger partial charge >= 0.3 is 0 Å². The number of benzene rings is 3. The molecule has 0 amide bonds. The molecule has 0 aliphatic heterocycles. The molecule has 0 heterocycles. The van der Waals surface area contributed by atoms with Crippen molar-refractivity contribution in [3.8, 4) is 11.5 Å². The second kappa shape index (κ2) is 9.72. The van der Waals surface area contributed by atoms with Gasteiger partial charge in [0.2, 0.25) is 0 Å². The predicted octanol–water partition coefficient (Wildman–Crippen LogP) is 6.18. The lowest BCUT2D eigenvalue weighted by atomic mass is 10.1. The van der Waals surface area contributed by atoms with E-state index in [1.807, 2.05) is 60.7 Å². The first-order valence-electron chi connectivity index (χ1n) is 8.43. The van der Waals surface area contributed by atoms with E-state index in [1.165, 1.54) is 0 Å². The number of ketones is 1. The van der Waals surface area contributed by atoms with E-state index in [1.54, 1.807) is 12.1 Å². The summed E-state index contributed by atoms with van der Waals surface area (Å²) in [5.41, 5.74) is 2.63. The Bertz CT molecular complexity index is 896. The number of carbonyl (C=O) groups is 1. The molecule has 0 unspecified atom stereocenters. The van der Waals surface area contributed by atoms with E-state index < -0.39 is 0 Å². The van der Waals surface area contributed by atoms with Gasteiger partial charge in [0, 0.05) is 11.6 Å². The minimum atomic E-state index is -0.0448. The van der Waals surface area contributed by atoms with Crippen LogP contribution in [0.3, 0.4) is 0 Å². The smallest absolute Gasteiger partial charge is 0.174 e. The van der Waals surface area contributed by atoms with Crippen LogP contribution in [0.4, 0.5) is 0 Å². The van der Waals surface area contributed by atoms with Crippen molar-refractivity contribution < 1.29 is 14.3 Å². The van der Waals surface area contributed by atoms with E-state index in [-0.39, 0.29) is 11.1 Å². The molecule has 0 radical (unpaired) electrons. The van der Waals surface area contributed by atoms with Crippen molar-refractivity contribution in [3.05, 3.63) is 94.0 Å². The highest BCUT2D eigenvalue weighted by molar-refractivity contribution is 9.10. The molecule has 5 heteroatoms. The molecule has 0 bridgehead atoms. The number of hydrogen-bond donors (Lipinski definition) is 0. The Morgan fingerprint density at radius 1 is 0.815 bits per heavy atom. The van der Waals surface area contributed by atoms with Crippen molar-refractivity contribution in [1.82, 2.24) is 0 Å². The number of ether oxygens (including phenoxy) is 2. The Morgan fingerprint density at radius 3 is 1.93 bits per heavy atom. The first-order valence-corrected chi connectivity index (χ1v) is 10.3. The van der Waals surface area contributed by atoms with Crippen molar-refractivity contribution in [2.24, 2.45) is 0 Å². The second-order valence-electron chi connectivity index (χ2n) is 5.89. The lowest BCUT2D eigenvalue weighted by Crippen LogP contribution is -2.05. The topological polar surface area (TPSA) is 35.5 Å². The molecule has 0 atom stereocenters. The summed E-state index contributed by atoms with van der Waals surface area (Å²) >= 11 is 6.74. The Balaban J connectivity index is 1.83. The Morgan fingerprint density at radius 2 is 1.37 bits per heavy atom. The summed E-state index contributed by atoms with van der Waals surface area (Å²) in [6.45, 7) is 0.825. The van der Waals surface area contributed by atoms with Crippen molar-refractivity contribution in [3.63, 3.8) is 0 Å². The fourth-order valence-electron chi connectivity index (χ4n) is 2.51. The van der Waals surface area contributed by atoms with E-state index in [4.69, 9.17) is 9.47 Å². The van der Waals surface area contributed by atoms with Gasteiger partial charge in [-0.3, -0.25) is 4.79 Å². The number of Topliss-reactive ketones (excluding diaryl/α,β-unsaturated/α-hetero) is 1. The molecule has 0 aromatic heterocycles. The highest BCUT2D eigenvalue weighted by Crippen LogP contribution is 2.35. The molecule has 3 nitrogen and oxygen atoms in total. The van der Waals surface area contributed by atoms with Crippen LogP contribution in [0.5, 0.6) is 11.5 Å². The number of carbonyl (C=O) groups excluding carboxylic acids is 1. The third-order valence-electron chi connectivity index (χ3n) is 3.92. The lowest BCUT2D eigenvalue weighted by Gasteiger charge is -2.14. The SMILES string of the molecule is O=C(CBr)c1cc(OCc2ccccc2)cc(OCc2ccccc2)c1Br. The van der Waals surface area contributed by atoms with Crippen LogP contribution in [0.1, 0.15) is 21.5 Å². The van der Waals surface area contributed by atoms with E-state index >= 15 is 0 Å². The van der Waals surface area contributed by atoms with Gasteiger partial charge in [0.25, 0.3) is 0 Å². The summed E-state index contributed by atoms with van der Waals surface area (Å²) in [5.74, 6) is 1.12. The normalized spacial score (nSPS) is 10.4. The fourth-order valence-corrected chi connectivity index (χ4v) is 3.38. The summed E-state index contributed by atoms with van der Waals surface area (Å²) in [6, 6.07) is 23.3. The molecule has 27 heavy (non-hydrogen) atoms. The molecular formula is C22H18Br2O3. The fraction of sp³-hybridized carbons (Fsp3) is 0.136.